The topological polar surface area (TPSA) is 15.3 Å². The molecule has 1 aromatic carbocycles. The molecule has 112 valence electrons. The summed E-state index contributed by atoms with van der Waals surface area (Å²) in [5.41, 5.74) is 4.29. The first-order valence-corrected chi connectivity index (χ1v) is 8.12. The molecule has 0 amide bonds. The first kappa shape index (κ1) is 15.5. The van der Waals surface area contributed by atoms with Gasteiger partial charge in [0.05, 0.1) is 0 Å². The first-order valence-electron chi connectivity index (χ1n) is 8.12. The highest BCUT2D eigenvalue weighted by Gasteiger charge is 2.21. The largest absolute Gasteiger partial charge is 0.312 e. The predicted molar refractivity (Wildman–Crippen MR) is 87.1 cm³/mol. The van der Waals surface area contributed by atoms with Crippen LogP contribution >= 0.6 is 0 Å². The zero-order valence-corrected chi connectivity index (χ0v) is 13.6. The van der Waals surface area contributed by atoms with E-state index < -0.39 is 0 Å². The fraction of sp³-hybridized carbons (Fsp3) is 0.667. The Morgan fingerprint density at radius 1 is 1.35 bits per heavy atom. The van der Waals surface area contributed by atoms with Crippen molar-refractivity contribution in [2.75, 3.05) is 19.6 Å². The number of hydrogen-bond donors (Lipinski definition) is 1. The van der Waals surface area contributed by atoms with Gasteiger partial charge in [0, 0.05) is 19.1 Å². The number of aryl methyl sites for hydroxylation is 2. The summed E-state index contributed by atoms with van der Waals surface area (Å²) in [6.45, 7) is 13.8. The summed E-state index contributed by atoms with van der Waals surface area (Å²) in [6, 6.07) is 7.47. The molecule has 20 heavy (non-hydrogen) atoms. The van der Waals surface area contributed by atoms with E-state index >= 15 is 0 Å². The van der Waals surface area contributed by atoms with Crippen molar-refractivity contribution < 1.29 is 0 Å². The van der Waals surface area contributed by atoms with Gasteiger partial charge in [-0.3, -0.25) is 4.90 Å². The molecule has 0 radical (unpaired) electrons. The van der Waals surface area contributed by atoms with Gasteiger partial charge < -0.3 is 5.32 Å². The van der Waals surface area contributed by atoms with Gasteiger partial charge in [0.1, 0.15) is 0 Å². The van der Waals surface area contributed by atoms with E-state index in [1.54, 1.807) is 0 Å². The van der Waals surface area contributed by atoms with Crippen molar-refractivity contribution in [2.24, 2.45) is 5.92 Å². The van der Waals surface area contributed by atoms with Crippen LogP contribution in [0, 0.1) is 19.8 Å². The maximum Gasteiger partial charge on any atom is 0.0237 e. The van der Waals surface area contributed by atoms with Crippen LogP contribution < -0.4 is 5.32 Å². The second-order valence-corrected chi connectivity index (χ2v) is 6.46. The molecule has 1 aromatic rings. The summed E-state index contributed by atoms with van der Waals surface area (Å²) in [5, 5.41) is 3.73. The number of hydrogen-bond acceptors (Lipinski definition) is 2. The number of benzene rings is 1. The highest BCUT2D eigenvalue weighted by atomic mass is 15.2. The van der Waals surface area contributed by atoms with Crippen LogP contribution in [0.5, 0.6) is 0 Å². The maximum atomic E-state index is 3.73. The molecule has 2 atom stereocenters. The van der Waals surface area contributed by atoms with Crippen molar-refractivity contribution >= 4 is 0 Å². The predicted octanol–water partition coefficient (Wildman–Crippen LogP) is 3.51. The Kier molecular flexibility index (Phi) is 5.62. The zero-order valence-electron chi connectivity index (χ0n) is 13.6. The van der Waals surface area contributed by atoms with Crippen molar-refractivity contribution in [1.82, 2.24) is 10.2 Å². The monoisotopic (exact) mass is 274 g/mol. The number of nitrogens with one attached hydrogen (secondary N) is 1. The Hall–Kier alpha value is -0.860. The minimum atomic E-state index is 0.646. The van der Waals surface area contributed by atoms with Crippen molar-refractivity contribution in [2.45, 2.75) is 53.1 Å². The van der Waals surface area contributed by atoms with E-state index in [1.165, 1.54) is 42.6 Å². The van der Waals surface area contributed by atoms with Crippen LogP contribution in [0.15, 0.2) is 18.2 Å². The van der Waals surface area contributed by atoms with E-state index in [-0.39, 0.29) is 0 Å². The summed E-state index contributed by atoms with van der Waals surface area (Å²) in [4.78, 5) is 2.64. The Bertz CT molecular complexity index is 427. The van der Waals surface area contributed by atoms with E-state index in [1.807, 2.05) is 0 Å². The fourth-order valence-electron chi connectivity index (χ4n) is 3.04. The molecule has 1 saturated heterocycles. The van der Waals surface area contributed by atoms with Gasteiger partial charge in [-0.15, -0.1) is 0 Å². The van der Waals surface area contributed by atoms with E-state index in [2.05, 4.69) is 56.1 Å². The summed E-state index contributed by atoms with van der Waals surface area (Å²) in [5.74, 6) is 0.759. The first-order chi connectivity index (χ1) is 9.60. The van der Waals surface area contributed by atoms with Crippen LogP contribution in [0.3, 0.4) is 0 Å². The summed E-state index contributed by atoms with van der Waals surface area (Å²) in [6.07, 6.45) is 2.52. The maximum absolute atomic E-state index is 3.73. The van der Waals surface area contributed by atoms with Crippen molar-refractivity contribution in [1.29, 1.82) is 0 Å². The third kappa shape index (κ3) is 4.07. The zero-order chi connectivity index (χ0) is 14.5. The SMILES string of the molecule is CCC(C)C1CN(Cc2cc(C)ccc2C)CCCN1. The van der Waals surface area contributed by atoms with Crippen molar-refractivity contribution in [3.05, 3.63) is 34.9 Å². The smallest absolute Gasteiger partial charge is 0.0237 e. The molecule has 2 nitrogen and oxygen atoms in total. The molecule has 0 spiro atoms. The van der Waals surface area contributed by atoms with Gasteiger partial charge in [-0.1, -0.05) is 44.0 Å². The van der Waals surface area contributed by atoms with Gasteiger partial charge >= 0.3 is 0 Å². The lowest BCUT2D eigenvalue weighted by Gasteiger charge is -2.28. The van der Waals surface area contributed by atoms with Gasteiger partial charge in [0.15, 0.2) is 0 Å². The Morgan fingerprint density at radius 3 is 2.90 bits per heavy atom. The third-order valence-electron chi connectivity index (χ3n) is 4.74. The van der Waals surface area contributed by atoms with Crippen LogP contribution in [-0.4, -0.2) is 30.6 Å². The van der Waals surface area contributed by atoms with Crippen LogP contribution in [-0.2, 0) is 6.54 Å². The van der Waals surface area contributed by atoms with Gasteiger partial charge in [-0.2, -0.15) is 0 Å². The molecule has 2 rings (SSSR count). The van der Waals surface area contributed by atoms with E-state index in [0.717, 1.165) is 19.0 Å². The normalized spacial score (nSPS) is 22.5. The molecular weight excluding hydrogens is 244 g/mol. The highest BCUT2D eigenvalue weighted by Crippen LogP contribution is 2.17. The Morgan fingerprint density at radius 2 is 2.15 bits per heavy atom. The molecule has 1 N–H and O–H groups in total. The molecule has 1 heterocycles. The average Bonchev–Trinajstić information content (AvgIpc) is 2.67. The second kappa shape index (κ2) is 7.24. The number of nitrogens with zero attached hydrogens (tertiary/aromatic N) is 1. The minimum absolute atomic E-state index is 0.646. The average molecular weight is 274 g/mol. The van der Waals surface area contributed by atoms with Crippen LogP contribution in [0.2, 0.25) is 0 Å². The molecule has 1 aliphatic heterocycles. The van der Waals surface area contributed by atoms with Gasteiger partial charge in [-0.05, 0) is 50.4 Å². The Balaban J connectivity index is 2.05. The van der Waals surface area contributed by atoms with Crippen LogP contribution in [0.25, 0.3) is 0 Å². The van der Waals surface area contributed by atoms with E-state index in [4.69, 9.17) is 0 Å². The van der Waals surface area contributed by atoms with Gasteiger partial charge in [-0.25, -0.2) is 0 Å². The quantitative estimate of drug-likeness (QED) is 0.904. The molecule has 2 heteroatoms. The van der Waals surface area contributed by atoms with Crippen LogP contribution in [0.1, 0.15) is 43.4 Å². The lowest BCUT2D eigenvalue weighted by atomic mass is 9.98. The molecule has 1 fully saturated rings. The van der Waals surface area contributed by atoms with Crippen molar-refractivity contribution in [3.8, 4) is 0 Å². The van der Waals surface area contributed by atoms with Crippen molar-refractivity contribution in [3.63, 3.8) is 0 Å². The molecule has 1 aliphatic rings. The molecule has 0 aliphatic carbocycles. The summed E-state index contributed by atoms with van der Waals surface area (Å²) < 4.78 is 0. The molecule has 0 saturated carbocycles. The summed E-state index contributed by atoms with van der Waals surface area (Å²) >= 11 is 0. The van der Waals surface area contributed by atoms with E-state index in [9.17, 15) is 0 Å². The molecule has 0 bridgehead atoms. The standard InChI is InChI=1S/C18H30N2/c1-5-15(3)18-13-20(10-6-9-19-18)12-17-11-14(2)7-8-16(17)4/h7-8,11,15,18-19H,5-6,9-10,12-13H2,1-4H3. The van der Waals surface area contributed by atoms with Gasteiger partial charge in [0.2, 0.25) is 0 Å². The molecule has 2 unspecified atom stereocenters. The van der Waals surface area contributed by atoms with Gasteiger partial charge in [0.25, 0.3) is 0 Å². The third-order valence-corrected chi connectivity index (χ3v) is 4.74. The van der Waals surface area contributed by atoms with Crippen LogP contribution in [0.4, 0.5) is 0 Å². The number of rotatable bonds is 4. The second-order valence-electron chi connectivity index (χ2n) is 6.46. The lowest BCUT2D eigenvalue weighted by molar-refractivity contribution is 0.231. The summed E-state index contributed by atoms with van der Waals surface area (Å²) in [7, 11) is 0. The molecule has 0 aromatic heterocycles. The highest BCUT2D eigenvalue weighted by molar-refractivity contribution is 5.30. The molecular formula is C18H30N2. The minimum Gasteiger partial charge on any atom is -0.312 e. The van der Waals surface area contributed by atoms with E-state index in [0.29, 0.717) is 6.04 Å². The fourth-order valence-corrected chi connectivity index (χ4v) is 3.04. The Labute approximate surface area is 124 Å². The lowest BCUT2D eigenvalue weighted by Crippen LogP contribution is -2.41.